The number of fused-ring (bicyclic) bond motifs is 3. The number of rotatable bonds is 0. The fraction of sp³-hybridized carbons (Fsp3) is 0.100. The highest BCUT2D eigenvalue weighted by atomic mass is 35.5. The minimum Gasteiger partial charge on any atom is -0.240 e. The first kappa shape index (κ1) is 9.07. The SMILES string of the molecule is Clc1ccc2c(n1)-c1c(Cl)ncnc1C2. The van der Waals surface area contributed by atoms with Crippen molar-refractivity contribution in [2.75, 3.05) is 0 Å². The summed E-state index contributed by atoms with van der Waals surface area (Å²) < 4.78 is 0. The summed E-state index contributed by atoms with van der Waals surface area (Å²) >= 11 is 11.9. The molecule has 0 N–H and O–H groups in total. The Morgan fingerprint density at radius 2 is 2.00 bits per heavy atom. The van der Waals surface area contributed by atoms with Crippen LogP contribution in [0, 0.1) is 0 Å². The Balaban J connectivity index is 2.33. The van der Waals surface area contributed by atoms with Gasteiger partial charge in [0.15, 0.2) is 0 Å². The molecule has 0 fully saturated rings. The summed E-state index contributed by atoms with van der Waals surface area (Å²) in [4.78, 5) is 12.4. The van der Waals surface area contributed by atoms with Gasteiger partial charge in [-0.3, -0.25) is 0 Å². The summed E-state index contributed by atoms with van der Waals surface area (Å²) in [5.74, 6) is 0. The molecule has 0 unspecified atom stereocenters. The normalized spacial score (nSPS) is 12.4. The van der Waals surface area contributed by atoms with Gasteiger partial charge in [0, 0.05) is 6.42 Å². The predicted molar refractivity (Wildman–Crippen MR) is 58.1 cm³/mol. The van der Waals surface area contributed by atoms with Gasteiger partial charge in [0.2, 0.25) is 0 Å². The van der Waals surface area contributed by atoms with E-state index in [1.165, 1.54) is 6.33 Å². The fourth-order valence-corrected chi connectivity index (χ4v) is 2.16. The van der Waals surface area contributed by atoms with E-state index in [2.05, 4.69) is 15.0 Å². The highest BCUT2D eigenvalue weighted by molar-refractivity contribution is 6.32. The highest BCUT2D eigenvalue weighted by Crippen LogP contribution is 2.37. The second-order valence-electron chi connectivity index (χ2n) is 3.30. The third kappa shape index (κ3) is 1.31. The summed E-state index contributed by atoms with van der Waals surface area (Å²) in [6.45, 7) is 0. The lowest BCUT2D eigenvalue weighted by atomic mass is 10.2. The largest absolute Gasteiger partial charge is 0.240 e. The standard InChI is InChI=1S/C10H5Cl2N3/c11-7-2-1-5-3-6-8(9(5)15-7)10(12)14-4-13-6/h1-2,4H,3H2. The molecule has 0 saturated carbocycles. The van der Waals surface area contributed by atoms with Crippen molar-refractivity contribution >= 4 is 23.2 Å². The van der Waals surface area contributed by atoms with Gasteiger partial charge < -0.3 is 0 Å². The Hall–Kier alpha value is -1.19. The number of halogens is 2. The average molecular weight is 238 g/mol. The Kier molecular flexibility index (Phi) is 1.90. The Morgan fingerprint density at radius 1 is 1.13 bits per heavy atom. The summed E-state index contributed by atoms with van der Waals surface area (Å²) in [7, 11) is 0. The second kappa shape index (κ2) is 3.15. The van der Waals surface area contributed by atoms with Gasteiger partial charge >= 0.3 is 0 Å². The van der Waals surface area contributed by atoms with Gasteiger partial charge in [0.05, 0.1) is 17.0 Å². The van der Waals surface area contributed by atoms with Crippen LogP contribution in [0.5, 0.6) is 0 Å². The molecule has 15 heavy (non-hydrogen) atoms. The number of aromatic nitrogens is 3. The molecule has 1 aliphatic carbocycles. The van der Waals surface area contributed by atoms with Crippen LogP contribution >= 0.6 is 23.2 Å². The monoisotopic (exact) mass is 237 g/mol. The van der Waals surface area contributed by atoms with Crippen molar-refractivity contribution < 1.29 is 0 Å². The number of nitrogens with zero attached hydrogens (tertiary/aromatic N) is 3. The van der Waals surface area contributed by atoms with Gasteiger partial charge in [-0.1, -0.05) is 29.3 Å². The zero-order valence-corrected chi connectivity index (χ0v) is 9.05. The van der Waals surface area contributed by atoms with E-state index in [9.17, 15) is 0 Å². The van der Waals surface area contributed by atoms with E-state index >= 15 is 0 Å². The van der Waals surface area contributed by atoms with E-state index in [1.807, 2.05) is 6.07 Å². The molecule has 2 aromatic heterocycles. The maximum absolute atomic E-state index is 6.02. The highest BCUT2D eigenvalue weighted by Gasteiger charge is 2.24. The Bertz CT molecular complexity index is 554. The van der Waals surface area contributed by atoms with E-state index in [0.29, 0.717) is 10.3 Å². The van der Waals surface area contributed by atoms with E-state index in [1.54, 1.807) is 6.07 Å². The minimum atomic E-state index is 0.438. The fourth-order valence-electron chi connectivity index (χ4n) is 1.77. The molecule has 74 valence electrons. The Morgan fingerprint density at radius 3 is 2.87 bits per heavy atom. The van der Waals surface area contributed by atoms with Gasteiger partial charge in [-0.15, -0.1) is 0 Å². The Labute approximate surface area is 96.1 Å². The molecule has 0 spiro atoms. The molecule has 1 aliphatic rings. The minimum absolute atomic E-state index is 0.438. The molecule has 0 aliphatic heterocycles. The van der Waals surface area contributed by atoms with E-state index in [4.69, 9.17) is 23.2 Å². The smallest absolute Gasteiger partial charge is 0.142 e. The van der Waals surface area contributed by atoms with Crippen LogP contribution < -0.4 is 0 Å². The van der Waals surface area contributed by atoms with E-state index in [-0.39, 0.29) is 0 Å². The lowest BCUT2D eigenvalue weighted by Gasteiger charge is -2.00. The van der Waals surface area contributed by atoms with Crippen LogP contribution in [-0.4, -0.2) is 15.0 Å². The van der Waals surface area contributed by atoms with Crippen LogP contribution in [-0.2, 0) is 6.42 Å². The maximum Gasteiger partial charge on any atom is 0.142 e. The lowest BCUT2D eigenvalue weighted by molar-refractivity contribution is 1.07. The molecular formula is C10H5Cl2N3. The van der Waals surface area contributed by atoms with Crippen molar-refractivity contribution in [3.63, 3.8) is 0 Å². The molecule has 0 radical (unpaired) electrons. The summed E-state index contributed by atoms with van der Waals surface area (Å²) in [5.41, 5.74) is 3.64. The number of pyridine rings is 1. The van der Waals surface area contributed by atoms with Gasteiger partial charge in [0.1, 0.15) is 16.6 Å². The zero-order valence-electron chi connectivity index (χ0n) is 7.54. The van der Waals surface area contributed by atoms with Gasteiger partial charge in [-0.05, 0) is 11.6 Å². The second-order valence-corrected chi connectivity index (χ2v) is 4.05. The van der Waals surface area contributed by atoms with Crippen molar-refractivity contribution in [3.05, 3.63) is 40.0 Å². The summed E-state index contributed by atoms with van der Waals surface area (Å²) in [6.07, 6.45) is 2.21. The number of hydrogen-bond acceptors (Lipinski definition) is 3. The van der Waals surface area contributed by atoms with Gasteiger partial charge in [-0.2, -0.15) is 0 Å². The molecule has 2 heterocycles. The average Bonchev–Trinajstić information content (AvgIpc) is 2.57. The number of hydrogen-bond donors (Lipinski definition) is 0. The molecule has 0 atom stereocenters. The van der Waals surface area contributed by atoms with E-state index < -0.39 is 0 Å². The first-order valence-corrected chi connectivity index (χ1v) is 5.16. The van der Waals surface area contributed by atoms with Gasteiger partial charge in [0.25, 0.3) is 0 Å². The molecule has 5 heteroatoms. The molecule has 0 amide bonds. The summed E-state index contributed by atoms with van der Waals surface area (Å²) in [6, 6.07) is 3.72. The molecule has 0 aromatic carbocycles. The molecule has 0 bridgehead atoms. The predicted octanol–water partition coefficient (Wildman–Crippen LogP) is 2.75. The van der Waals surface area contributed by atoms with Crippen LogP contribution in [0.3, 0.4) is 0 Å². The van der Waals surface area contributed by atoms with Crippen LogP contribution in [0.15, 0.2) is 18.5 Å². The third-order valence-corrected chi connectivity index (χ3v) is 2.92. The zero-order chi connectivity index (χ0) is 10.4. The van der Waals surface area contributed by atoms with Crippen LogP contribution in [0.4, 0.5) is 0 Å². The topological polar surface area (TPSA) is 38.7 Å². The molecule has 0 saturated heterocycles. The summed E-state index contributed by atoms with van der Waals surface area (Å²) in [5, 5.41) is 0.898. The van der Waals surface area contributed by atoms with Crippen molar-refractivity contribution in [3.8, 4) is 11.3 Å². The van der Waals surface area contributed by atoms with Crippen molar-refractivity contribution in [1.29, 1.82) is 0 Å². The van der Waals surface area contributed by atoms with Crippen molar-refractivity contribution in [2.24, 2.45) is 0 Å². The third-order valence-electron chi connectivity index (χ3n) is 2.42. The van der Waals surface area contributed by atoms with Crippen LogP contribution in [0.25, 0.3) is 11.3 Å². The quantitative estimate of drug-likeness (QED) is 0.446. The maximum atomic E-state index is 6.02. The lowest BCUT2D eigenvalue weighted by Crippen LogP contribution is -1.89. The van der Waals surface area contributed by atoms with Crippen molar-refractivity contribution in [2.45, 2.75) is 6.42 Å². The molecular weight excluding hydrogens is 233 g/mol. The first-order valence-electron chi connectivity index (χ1n) is 4.41. The molecule has 3 rings (SSSR count). The van der Waals surface area contributed by atoms with Crippen LogP contribution in [0.1, 0.15) is 11.3 Å². The van der Waals surface area contributed by atoms with E-state index in [0.717, 1.165) is 28.9 Å². The van der Waals surface area contributed by atoms with Gasteiger partial charge in [-0.25, -0.2) is 15.0 Å². The first-order chi connectivity index (χ1) is 7.25. The molecule has 3 nitrogen and oxygen atoms in total. The van der Waals surface area contributed by atoms with Crippen molar-refractivity contribution in [1.82, 2.24) is 15.0 Å². The van der Waals surface area contributed by atoms with Crippen LogP contribution in [0.2, 0.25) is 10.3 Å². The molecule has 2 aromatic rings.